The third-order valence-corrected chi connectivity index (χ3v) is 1.98. The molecule has 2 heteroatoms. The summed E-state index contributed by atoms with van der Waals surface area (Å²) in [5.41, 5.74) is 7.75. The number of aliphatic hydroxyl groups excluding tert-OH is 1. The van der Waals surface area contributed by atoms with Gasteiger partial charge in [0.1, 0.15) is 0 Å². The highest BCUT2D eigenvalue weighted by Gasteiger charge is 2.01. The van der Waals surface area contributed by atoms with E-state index in [4.69, 9.17) is 10.8 Å². The summed E-state index contributed by atoms with van der Waals surface area (Å²) in [6.07, 6.45) is 1.99. The molecule has 0 aromatic heterocycles. The molecular weight excluding hydrogens is 162 g/mol. The van der Waals surface area contributed by atoms with Crippen molar-refractivity contribution in [2.45, 2.75) is 13.0 Å². The average Bonchev–Trinajstić information content (AvgIpc) is 2.18. The average molecular weight is 177 g/mol. The quantitative estimate of drug-likeness (QED) is 0.733. The lowest BCUT2D eigenvalue weighted by atomic mass is 10.1. The summed E-state index contributed by atoms with van der Waals surface area (Å²) in [6.45, 7) is 1.92. The van der Waals surface area contributed by atoms with Crippen molar-refractivity contribution in [3.63, 3.8) is 0 Å². The van der Waals surface area contributed by atoms with Crippen LogP contribution in [0.4, 0.5) is 0 Å². The van der Waals surface area contributed by atoms with Crippen molar-refractivity contribution < 1.29 is 5.11 Å². The normalized spacial score (nSPS) is 14.2. The molecule has 0 fully saturated rings. The van der Waals surface area contributed by atoms with Crippen LogP contribution in [-0.4, -0.2) is 17.8 Å². The largest absolute Gasteiger partial charge is 0.394 e. The number of hydrogen-bond acceptors (Lipinski definition) is 2. The molecule has 0 bridgehead atoms. The molecule has 1 aromatic rings. The second kappa shape index (κ2) is 4.80. The second-order valence-electron chi connectivity index (χ2n) is 3.09. The summed E-state index contributed by atoms with van der Waals surface area (Å²) < 4.78 is 0. The van der Waals surface area contributed by atoms with Gasteiger partial charge in [-0.05, 0) is 12.5 Å². The number of aliphatic hydroxyl groups is 1. The number of benzene rings is 1. The first-order chi connectivity index (χ1) is 6.24. The highest BCUT2D eigenvalue weighted by atomic mass is 16.3. The Hall–Kier alpha value is -1.12. The van der Waals surface area contributed by atoms with Crippen molar-refractivity contribution >= 4 is 6.08 Å². The van der Waals surface area contributed by atoms with Gasteiger partial charge in [0.15, 0.2) is 0 Å². The van der Waals surface area contributed by atoms with Crippen molar-refractivity contribution in [3.8, 4) is 0 Å². The van der Waals surface area contributed by atoms with Crippen LogP contribution in [0.15, 0.2) is 35.9 Å². The lowest BCUT2D eigenvalue weighted by Gasteiger charge is -2.07. The number of nitrogens with two attached hydrogens (primary N) is 1. The van der Waals surface area contributed by atoms with E-state index in [-0.39, 0.29) is 12.6 Å². The third kappa shape index (κ3) is 3.01. The van der Waals surface area contributed by atoms with Gasteiger partial charge in [-0.2, -0.15) is 0 Å². The minimum Gasteiger partial charge on any atom is -0.394 e. The van der Waals surface area contributed by atoms with Crippen LogP contribution < -0.4 is 5.73 Å². The molecular formula is C11H15NO. The Morgan fingerprint density at radius 3 is 2.62 bits per heavy atom. The molecule has 1 atom stereocenters. The van der Waals surface area contributed by atoms with Crippen LogP contribution in [0.5, 0.6) is 0 Å². The van der Waals surface area contributed by atoms with E-state index < -0.39 is 0 Å². The topological polar surface area (TPSA) is 46.2 Å². The summed E-state index contributed by atoms with van der Waals surface area (Å²) in [4.78, 5) is 0. The van der Waals surface area contributed by atoms with E-state index in [9.17, 15) is 0 Å². The van der Waals surface area contributed by atoms with Gasteiger partial charge in [0, 0.05) is 6.04 Å². The molecule has 0 saturated carbocycles. The first kappa shape index (κ1) is 9.96. The maximum atomic E-state index is 8.82. The van der Waals surface area contributed by atoms with Gasteiger partial charge in [0.2, 0.25) is 0 Å². The van der Waals surface area contributed by atoms with Crippen LogP contribution in [0.2, 0.25) is 0 Å². The molecule has 0 spiro atoms. The molecule has 2 nitrogen and oxygen atoms in total. The summed E-state index contributed by atoms with van der Waals surface area (Å²) in [5.74, 6) is 0. The van der Waals surface area contributed by atoms with Crippen LogP contribution in [0.3, 0.4) is 0 Å². The van der Waals surface area contributed by atoms with Crippen molar-refractivity contribution in [1.82, 2.24) is 0 Å². The van der Waals surface area contributed by atoms with E-state index in [1.165, 1.54) is 0 Å². The smallest absolute Gasteiger partial charge is 0.0621 e. The van der Waals surface area contributed by atoms with Crippen molar-refractivity contribution in [2.75, 3.05) is 6.61 Å². The molecule has 0 heterocycles. The molecule has 0 saturated heterocycles. The Balaban J connectivity index is 2.77. The Bertz CT molecular complexity index is 279. The molecule has 70 valence electrons. The molecule has 0 aliphatic carbocycles. The zero-order chi connectivity index (χ0) is 9.68. The van der Waals surface area contributed by atoms with Gasteiger partial charge >= 0.3 is 0 Å². The highest BCUT2D eigenvalue weighted by Crippen LogP contribution is 2.07. The van der Waals surface area contributed by atoms with Crippen LogP contribution in [0.1, 0.15) is 12.5 Å². The van der Waals surface area contributed by atoms with Gasteiger partial charge in [-0.3, -0.25) is 0 Å². The van der Waals surface area contributed by atoms with Gasteiger partial charge < -0.3 is 10.8 Å². The molecule has 0 amide bonds. The van der Waals surface area contributed by atoms with Crippen molar-refractivity contribution in [1.29, 1.82) is 0 Å². The lowest BCUT2D eigenvalue weighted by Crippen LogP contribution is -2.25. The van der Waals surface area contributed by atoms with E-state index in [1.54, 1.807) is 0 Å². The second-order valence-corrected chi connectivity index (χ2v) is 3.09. The Labute approximate surface area is 78.7 Å². The standard InChI is InChI=1S/C11H15NO/c1-9(11(12)8-13)7-10-5-3-2-4-6-10/h2-7,11,13H,8,12H2,1H3/t11-/m1/s1. The minimum absolute atomic E-state index is 0.00479. The summed E-state index contributed by atoms with van der Waals surface area (Å²) >= 11 is 0. The molecule has 1 aromatic carbocycles. The van der Waals surface area contributed by atoms with E-state index in [0.717, 1.165) is 11.1 Å². The monoisotopic (exact) mass is 177 g/mol. The fourth-order valence-electron chi connectivity index (χ4n) is 1.06. The van der Waals surface area contributed by atoms with Gasteiger partial charge in [-0.25, -0.2) is 0 Å². The van der Waals surface area contributed by atoms with Gasteiger partial charge in [-0.15, -0.1) is 0 Å². The molecule has 0 radical (unpaired) electrons. The Morgan fingerprint density at radius 1 is 1.46 bits per heavy atom. The summed E-state index contributed by atoms with van der Waals surface area (Å²) in [6, 6.07) is 9.69. The van der Waals surface area contributed by atoms with Gasteiger partial charge in [-0.1, -0.05) is 42.0 Å². The highest BCUT2D eigenvalue weighted by molar-refractivity contribution is 5.53. The van der Waals surface area contributed by atoms with Crippen molar-refractivity contribution in [2.24, 2.45) is 5.73 Å². The Kier molecular flexibility index (Phi) is 3.68. The SMILES string of the molecule is CC(=Cc1ccccc1)[C@H](N)CO. The molecule has 1 rings (SSSR count). The summed E-state index contributed by atoms with van der Waals surface area (Å²) in [5, 5.41) is 8.82. The Morgan fingerprint density at radius 2 is 2.08 bits per heavy atom. The first-order valence-corrected chi connectivity index (χ1v) is 4.33. The van der Waals surface area contributed by atoms with Crippen LogP contribution in [0.25, 0.3) is 6.08 Å². The lowest BCUT2D eigenvalue weighted by molar-refractivity contribution is 0.280. The first-order valence-electron chi connectivity index (χ1n) is 4.33. The van der Waals surface area contributed by atoms with E-state index in [1.807, 2.05) is 43.3 Å². The van der Waals surface area contributed by atoms with Crippen LogP contribution in [0, 0.1) is 0 Å². The fourth-order valence-corrected chi connectivity index (χ4v) is 1.06. The molecule has 3 N–H and O–H groups in total. The minimum atomic E-state index is -0.250. The van der Waals surface area contributed by atoms with Gasteiger partial charge in [0.25, 0.3) is 0 Å². The summed E-state index contributed by atoms with van der Waals surface area (Å²) in [7, 11) is 0. The maximum absolute atomic E-state index is 8.82. The number of hydrogen-bond donors (Lipinski definition) is 2. The fraction of sp³-hybridized carbons (Fsp3) is 0.273. The zero-order valence-corrected chi connectivity index (χ0v) is 7.77. The molecule has 0 aliphatic rings. The van der Waals surface area contributed by atoms with E-state index in [0.29, 0.717) is 0 Å². The molecule has 0 aliphatic heterocycles. The van der Waals surface area contributed by atoms with Crippen molar-refractivity contribution in [3.05, 3.63) is 41.5 Å². The van der Waals surface area contributed by atoms with Crippen LogP contribution >= 0.6 is 0 Å². The zero-order valence-electron chi connectivity index (χ0n) is 7.77. The van der Waals surface area contributed by atoms with E-state index >= 15 is 0 Å². The predicted molar refractivity (Wildman–Crippen MR) is 55.2 cm³/mol. The third-order valence-electron chi connectivity index (χ3n) is 1.98. The van der Waals surface area contributed by atoms with Gasteiger partial charge in [0.05, 0.1) is 6.61 Å². The number of rotatable bonds is 3. The predicted octanol–water partition coefficient (Wildman–Crippen LogP) is 1.41. The maximum Gasteiger partial charge on any atom is 0.0621 e. The molecule has 13 heavy (non-hydrogen) atoms. The van der Waals surface area contributed by atoms with Crippen LogP contribution in [-0.2, 0) is 0 Å². The molecule has 0 unspecified atom stereocenters. The van der Waals surface area contributed by atoms with E-state index in [2.05, 4.69) is 0 Å².